The lowest BCUT2D eigenvalue weighted by molar-refractivity contribution is -0.137. The van der Waals surface area contributed by atoms with Gasteiger partial charge >= 0.3 is 13.6 Å². The topological polar surface area (TPSA) is 116 Å². The van der Waals surface area contributed by atoms with E-state index < -0.39 is 19.5 Å². The highest BCUT2D eigenvalue weighted by molar-refractivity contribution is 7.53. The van der Waals surface area contributed by atoms with E-state index in [1.54, 1.807) is 13.8 Å². The highest BCUT2D eigenvalue weighted by atomic mass is 31.2. The third kappa shape index (κ3) is 28.9. The van der Waals surface area contributed by atoms with E-state index in [-0.39, 0.29) is 12.6 Å². The zero-order valence-electron chi connectivity index (χ0n) is 15.9. The van der Waals surface area contributed by atoms with Crippen LogP contribution >= 0.6 is 7.60 Å². The van der Waals surface area contributed by atoms with Crippen molar-refractivity contribution >= 4 is 19.5 Å². The van der Waals surface area contributed by atoms with Crippen molar-refractivity contribution in [2.24, 2.45) is 5.73 Å². The van der Waals surface area contributed by atoms with E-state index >= 15 is 0 Å². The van der Waals surface area contributed by atoms with Gasteiger partial charge in [0.2, 0.25) is 5.91 Å². The molecule has 0 fully saturated rings. The number of carbonyl (C=O) groups excluding carboxylic acids is 1. The van der Waals surface area contributed by atoms with Gasteiger partial charge in [0.25, 0.3) is 0 Å². The fourth-order valence-corrected chi connectivity index (χ4v) is 2.89. The Morgan fingerprint density at radius 1 is 1.04 bits per heavy atom. The van der Waals surface area contributed by atoms with Gasteiger partial charge in [-0.1, -0.05) is 20.8 Å². The van der Waals surface area contributed by atoms with Crippen molar-refractivity contribution in [3.05, 3.63) is 13.2 Å². The van der Waals surface area contributed by atoms with Gasteiger partial charge in [0.1, 0.15) is 0 Å². The highest BCUT2D eigenvalue weighted by Gasteiger charge is 2.22. The molecule has 0 unspecified atom stereocenters. The molecule has 7 nitrogen and oxygen atoms in total. The SMILES string of the molecule is C=C.CC.CCCC(=O)O.CCOP(=O)(CCCC(N)=O)OCC. The molecule has 0 atom stereocenters. The number of aliphatic carboxylic acids is 1. The Kier molecular flexibility index (Phi) is 30.8. The maximum absolute atomic E-state index is 11.8. The Morgan fingerprint density at radius 2 is 1.46 bits per heavy atom. The smallest absolute Gasteiger partial charge is 0.330 e. The summed E-state index contributed by atoms with van der Waals surface area (Å²) in [6.07, 6.45) is 1.92. The van der Waals surface area contributed by atoms with E-state index in [0.29, 0.717) is 26.1 Å². The molecule has 0 saturated carbocycles. The predicted molar refractivity (Wildman–Crippen MR) is 99.3 cm³/mol. The first-order chi connectivity index (χ1) is 11.3. The average molecular weight is 369 g/mol. The van der Waals surface area contributed by atoms with Crippen molar-refractivity contribution in [2.75, 3.05) is 19.4 Å². The molecule has 0 rings (SSSR count). The fourth-order valence-electron chi connectivity index (χ4n) is 1.22. The summed E-state index contributed by atoms with van der Waals surface area (Å²) in [5, 5.41) is 7.91. The summed E-state index contributed by atoms with van der Waals surface area (Å²) >= 11 is 0. The Hall–Kier alpha value is -1.17. The van der Waals surface area contributed by atoms with E-state index in [0.717, 1.165) is 6.42 Å². The van der Waals surface area contributed by atoms with Crippen LogP contribution in [0.2, 0.25) is 0 Å². The molecule has 0 aromatic heterocycles. The molecule has 24 heavy (non-hydrogen) atoms. The molecule has 146 valence electrons. The number of hydrogen-bond donors (Lipinski definition) is 2. The number of carboxylic acid groups (broad SMARTS) is 1. The van der Waals surface area contributed by atoms with Crippen LogP contribution in [-0.4, -0.2) is 36.4 Å². The number of carboxylic acids is 1. The van der Waals surface area contributed by atoms with Crippen LogP contribution in [0.15, 0.2) is 13.2 Å². The molecule has 0 aliphatic heterocycles. The first-order valence-corrected chi connectivity index (χ1v) is 9.92. The summed E-state index contributed by atoms with van der Waals surface area (Å²) in [6.45, 7) is 16.0. The Labute approximate surface area is 147 Å². The van der Waals surface area contributed by atoms with E-state index in [4.69, 9.17) is 19.9 Å². The second kappa shape index (κ2) is 24.1. The molecule has 0 aromatic carbocycles. The molecule has 0 spiro atoms. The van der Waals surface area contributed by atoms with Crippen LogP contribution in [0, 0.1) is 0 Å². The molecule has 0 aromatic rings. The van der Waals surface area contributed by atoms with Crippen molar-refractivity contribution in [3.8, 4) is 0 Å². The number of hydrogen-bond acceptors (Lipinski definition) is 5. The van der Waals surface area contributed by atoms with Crippen molar-refractivity contribution in [2.45, 2.75) is 60.3 Å². The first-order valence-electron chi connectivity index (χ1n) is 8.19. The zero-order chi connectivity index (χ0) is 20.0. The number of amides is 1. The van der Waals surface area contributed by atoms with Crippen LogP contribution in [-0.2, 0) is 23.2 Å². The number of nitrogens with two attached hydrogens (primary N) is 1. The van der Waals surface area contributed by atoms with Crippen LogP contribution in [0.3, 0.4) is 0 Å². The van der Waals surface area contributed by atoms with Crippen LogP contribution in [0.4, 0.5) is 0 Å². The third-order valence-corrected chi connectivity index (χ3v) is 4.14. The van der Waals surface area contributed by atoms with Gasteiger partial charge in [0.15, 0.2) is 0 Å². The van der Waals surface area contributed by atoms with Crippen LogP contribution in [0.25, 0.3) is 0 Å². The van der Waals surface area contributed by atoms with Crippen molar-refractivity contribution in [1.82, 2.24) is 0 Å². The minimum Gasteiger partial charge on any atom is -0.481 e. The normalized spacial score (nSPS) is 9.21. The quantitative estimate of drug-likeness (QED) is 0.440. The maximum Gasteiger partial charge on any atom is 0.330 e. The van der Waals surface area contributed by atoms with Crippen LogP contribution in [0.5, 0.6) is 0 Å². The lowest BCUT2D eigenvalue weighted by atomic mass is 10.3. The van der Waals surface area contributed by atoms with Gasteiger partial charge in [-0.15, -0.1) is 13.2 Å². The first kappa shape index (κ1) is 30.7. The van der Waals surface area contributed by atoms with E-state index in [9.17, 15) is 14.2 Å². The molecule has 0 aliphatic rings. The van der Waals surface area contributed by atoms with Gasteiger partial charge in [-0.2, -0.15) is 0 Å². The lowest BCUT2D eigenvalue weighted by Gasteiger charge is -2.16. The molecule has 1 amide bonds. The minimum atomic E-state index is -2.98. The summed E-state index contributed by atoms with van der Waals surface area (Å²) in [4.78, 5) is 20.1. The van der Waals surface area contributed by atoms with Gasteiger partial charge in [-0.3, -0.25) is 14.2 Å². The summed E-state index contributed by atoms with van der Waals surface area (Å²) in [6, 6.07) is 0. The monoisotopic (exact) mass is 369 g/mol. The highest BCUT2D eigenvalue weighted by Crippen LogP contribution is 2.48. The van der Waals surface area contributed by atoms with E-state index in [1.807, 2.05) is 20.8 Å². The van der Waals surface area contributed by atoms with E-state index in [2.05, 4.69) is 13.2 Å². The molecular formula is C16H36NO6P. The molecule has 0 saturated heterocycles. The molecule has 0 aliphatic carbocycles. The second-order valence-corrected chi connectivity index (χ2v) is 6.07. The third-order valence-electron chi connectivity index (χ3n) is 1.97. The maximum atomic E-state index is 11.8. The zero-order valence-corrected chi connectivity index (χ0v) is 16.8. The number of rotatable bonds is 10. The molecule has 0 radical (unpaired) electrons. The molecule has 3 N–H and O–H groups in total. The molecule has 0 heterocycles. The van der Waals surface area contributed by atoms with Gasteiger partial charge in [0.05, 0.1) is 19.4 Å². The van der Waals surface area contributed by atoms with Crippen LogP contribution in [0.1, 0.15) is 60.3 Å². The van der Waals surface area contributed by atoms with Crippen molar-refractivity contribution in [1.29, 1.82) is 0 Å². The molecular weight excluding hydrogens is 333 g/mol. The van der Waals surface area contributed by atoms with Gasteiger partial charge in [-0.25, -0.2) is 0 Å². The molecule has 0 bridgehead atoms. The predicted octanol–water partition coefficient (Wildman–Crippen LogP) is 4.22. The van der Waals surface area contributed by atoms with Gasteiger partial charge in [0, 0.05) is 12.8 Å². The standard InChI is InChI=1S/C8H18NO4P.C4H8O2.C2H6.C2H4/c1-3-12-14(11,13-4-2)7-5-6-8(9)10;1-2-3-4(5)6;2*1-2/h3-7H2,1-2H3,(H2,9,10);2-3H2,1H3,(H,5,6);1-2H3;1-2H2. The molecule has 8 heteroatoms. The van der Waals surface area contributed by atoms with Gasteiger partial charge in [-0.05, 0) is 26.7 Å². The van der Waals surface area contributed by atoms with E-state index in [1.165, 1.54) is 0 Å². The minimum absolute atomic E-state index is 0.212. The largest absolute Gasteiger partial charge is 0.481 e. The Bertz CT molecular complexity index is 327. The summed E-state index contributed by atoms with van der Waals surface area (Å²) < 4.78 is 21.9. The lowest BCUT2D eigenvalue weighted by Crippen LogP contribution is -2.11. The summed E-state index contributed by atoms with van der Waals surface area (Å²) in [5.74, 6) is -1.11. The number of carbonyl (C=O) groups is 2. The fraction of sp³-hybridized carbons (Fsp3) is 0.750. The summed E-state index contributed by atoms with van der Waals surface area (Å²) in [5.41, 5.74) is 4.96. The average Bonchev–Trinajstić information content (AvgIpc) is 2.52. The van der Waals surface area contributed by atoms with Gasteiger partial charge < -0.3 is 19.9 Å². The van der Waals surface area contributed by atoms with Crippen molar-refractivity contribution < 1.29 is 28.3 Å². The summed E-state index contributed by atoms with van der Waals surface area (Å²) in [7, 11) is -2.98. The second-order valence-electron chi connectivity index (χ2n) is 3.88. The Morgan fingerprint density at radius 3 is 1.67 bits per heavy atom. The van der Waals surface area contributed by atoms with Crippen molar-refractivity contribution in [3.63, 3.8) is 0 Å². The van der Waals surface area contributed by atoms with Crippen LogP contribution < -0.4 is 5.73 Å². The number of primary amides is 1. The Balaban J connectivity index is -0.000000167.